The Morgan fingerprint density at radius 2 is 1.36 bits per heavy atom. The Kier molecular flexibility index (Phi) is 10.1. The summed E-state index contributed by atoms with van der Waals surface area (Å²) >= 11 is -0.303. The zero-order chi connectivity index (χ0) is 24.5. The molecule has 0 saturated carbocycles. The van der Waals surface area contributed by atoms with Crippen molar-refractivity contribution >= 4 is 38.8 Å². The van der Waals surface area contributed by atoms with Crippen molar-refractivity contribution in [2.45, 2.75) is 62.4 Å². The second kappa shape index (κ2) is 12.6. The van der Waals surface area contributed by atoms with E-state index < -0.39 is 53.3 Å². The molecule has 1 aromatic carbocycles. The molecule has 0 aliphatic carbocycles. The van der Waals surface area contributed by atoms with Gasteiger partial charge in [-0.15, -0.1) is 0 Å². The molecule has 1 aromatic rings. The van der Waals surface area contributed by atoms with E-state index in [4.69, 9.17) is 28.4 Å². The van der Waals surface area contributed by atoms with Crippen LogP contribution >= 0.6 is 0 Å². The Morgan fingerprint density at radius 1 is 0.818 bits per heavy atom. The molecule has 11 heteroatoms. The molecular formula is C22H28O10Se. The second-order valence-electron chi connectivity index (χ2n) is 7.23. The van der Waals surface area contributed by atoms with Crippen molar-refractivity contribution < 1.29 is 47.6 Å². The van der Waals surface area contributed by atoms with Gasteiger partial charge in [-0.05, 0) is 0 Å². The van der Waals surface area contributed by atoms with Crippen LogP contribution < -0.4 is 4.74 Å². The summed E-state index contributed by atoms with van der Waals surface area (Å²) < 4.78 is 32.7. The van der Waals surface area contributed by atoms with E-state index in [1.54, 1.807) is 7.11 Å². The molecule has 10 nitrogen and oxygen atoms in total. The summed E-state index contributed by atoms with van der Waals surface area (Å²) in [5.74, 6) is -1.74. The first-order chi connectivity index (χ1) is 15.6. The molecule has 1 aliphatic heterocycles. The van der Waals surface area contributed by atoms with Crippen molar-refractivity contribution in [3.63, 3.8) is 0 Å². The maximum atomic E-state index is 11.9. The Labute approximate surface area is 198 Å². The fraction of sp³-hybridized carbons (Fsp3) is 0.545. The van der Waals surface area contributed by atoms with Gasteiger partial charge in [-0.3, -0.25) is 0 Å². The number of rotatable bonds is 9. The van der Waals surface area contributed by atoms with Crippen LogP contribution in [0.25, 0.3) is 0 Å². The Balaban J connectivity index is 2.33. The predicted octanol–water partition coefficient (Wildman–Crippen LogP) is 0.982. The zero-order valence-corrected chi connectivity index (χ0v) is 20.8. The fourth-order valence-electron chi connectivity index (χ4n) is 3.22. The van der Waals surface area contributed by atoms with Gasteiger partial charge in [0, 0.05) is 0 Å². The van der Waals surface area contributed by atoms with Gasteiger partial charge in [0.15, 0.2) is 0 Å². The molecule has 0 spiro atoms. The molecule has 0 aromatic heterocycles. The van der Waals surface area contributed by atoms with Gasteiger partial charge in [-0.2, -0.15) is 0 Å². The standard InChI is InChI=1S/C22H28O10Se/c1-12(23)28-10-18-19(29-13(2)24)20(30-14(3)25)21(31-15(4)26)22(32-18)33-11-16-6-8-17(27-5)9-7-16/h6-9,18-22H,10-11H2,1-5H3/t18-,19-,20+,21-,22+/m1/s1. The number of esters is 4. The number of hydrogen-bond donors (Lipinski definition) is 0. The number of carbonyl (C=O) groups excluding carboxylic acids is 4. The van der Waals surface area contributed by atoms with Crippen molar-refractivity contribution in [2.75, 3.05) is 13.7 Å². The number of ether oxygens (including phenoxy) is 6. The van der Waals surface area contributed by atoms with Crippen LogP contribution in [-0.4, -0.2) is 82.0 Å². The molecule has 0 N–H and O–H groups in total. The van der Waals surface area contributed by atoms with Gasteiger partial charge in [0.2, 0.25) is 0 Å². The summed E-state index contributed by atoms with van der Waals surface area (Å²) in [6.45, 7) is 4.62. The van der Waals surface area contributed by atoms with Gasteiger partial charge >= 0.3 is 198 Å². The minimum absolute atomic E-state index is 0.229. The molecule has 0 bridgehead atoms. The van der Waals surface area contributed by atoms with Gasteiger partial charge in [0.25, 0.3) is 0 Å². The number of carbonyl (C=O) groups is 4. The summed E-state index contributed by atoms with van der Waals surface area (Å²) in [7, 11) is 1.58. The first-order valence-electron chi connectivity index (χ1n) is 10.2. The third-order valence-electron chi connectivity index (χ3n) is 4.52. The summed E-state index contributed by atoms with van der Waals surface area (Å²) in [4.78, 5) is 46.9. The van der Waals surface area contributed by atoms with Gasteiger partial charge in [0.1, 0.15) is 0 Å². The quantitative estimate of drug-likeness (QED) is 0.259. The van der Waals surface area contributed by atoms with E-state index in [-0.39, 0.29) is 21.6 Å². The number of benzene rings is 1. The minimum atomic E-state index is -1.14. The molecule has 33 heavy (non-hydrogen) atoms. The van der Waals surface area contributed by atoms with Crippen LogP contribution in [0.3, 0.4) is 0 Å². The molecule has 1 aliphatic rings. The molecule has 2 rings (SSSR count). The Bertz CT molecular complexity index is 840. The zero-order valence-electron chi connectivity index (χ0n) is 19.1. The van der Waals surface area contributed by atoms with Crippen LogP contribution in [-0.2, 0) is 48.2 Å². The predicted molar refractivity (Wildman–Crippen MR) is 114 cm³/mol. The van der Waals surface area contributed by atoms with E-state index in [0.29, 0.717) is 5.32 Å². The van der Waals surface area contributed by atoms with Crippen molar-refractivity contribution in [1.82, 2.24) is 0 Å². The second-order valence-corrected chi connectivity index (χ2v) is 9.51. The van der Waals surface area contributed by atoms with E-state index in [1.807, 2.05) is 24.3 Å². The summed E-state index contributed by atoms with van der Waals surface area (Å²) in [5, 5.41) is -0.0645. The van der Waals surface area contributed by atoms with Crippen LogP contribution in [0.2, 0.25) is 0 Å². The summed E-state index contributed by atoms with van der Waals surface area (Å²) in [6.07, 6.45) is -4.20. The van der Waals surface area contributed by atoms with E-state index >= 15 is 0 Å². The van der Waals surface area contributed by atoms with E-state index in [9.17, 15) is 19.2 Å². The third-order valence-corrected chi connectivity index (χ3v) is 7.06. The Morgan fingerprint density at radius 3 is 1.88 bits per heavy atom. The van der Waals surface area contributed by atoms with E-state index in [1.165, 1.54) is 27.7 Å². The van der Waals surface area contributed by atoms with Crippen molar-refractivity contribution in [3.05, 3.63) is 29.8 Å². The monoisotopic (exact) mass is 532 g/mol. The molecule has 1 heterocycles. The molecule has 1 fully saturated rings. The molecule has 0 radical (unpaired) electrons. The van der Waals surface area contributed by atoms with Crippen molar-refractivity contribution in [2.24, 2.45) is 0 Å². The SMILES string of the molecule is COc1ccc(C[Se][C@@H]2O[C@H](COC(C)=O)[C@@H](OC(C)=O)[C@H](OC(C)=O)[C@H]2OC(C)=O)cc1. The van der Waals surface area contributed by atoms with Gasteiger partial charge < -0.3 is 0 Å². The van der Waals surface area contributed by atoms with Crippen LogP contribution in [0.15, 0.2) is 24.3 Å². The normalized spacial score (nSPS) is 24.3. The number of methoxy groups -OCH3 is 1. The van der Waals surface area contributed by atoms with Crippen LogP contribution in [0, 0.1) is 0 Å². The fourth-order valence-corrected chi connectivity index (χ4v) is 5.68. The van der Waals surface area contributed by atoms with Gasteiger partial charge in [0.05, 0.1) is 0 Å². The van der Waals surface area contributed by atoms with Gasteiger partial charge in [-0.1, -0.05) is 0 Å². The number of hydrogen-bond acceptors (Lipinski definition) is 10. The Hall–Kier alpha value is -2.62. The van der Waals surface area contributed by atoms with Crippen LogP contribution in [0.4, 0.5) is 0 Å². The average Bonchev–Trinajstić information content (AvgIpc) is 2.73. The van der Waals surface area contributed by atoms with Crippen molar-refractivity contribution in [3.8, 4) is 5.75 Å². The molecular weight excluding hydrogens is 503 g/mol. The molecule has 1 saturated heterocycles. The summed E-state index contributed by atoms with van der Waals surface area (Å²) in [6, 6.07) is 7.48. The molecule has 182 valence electrons. The van der Waals surface area contributed by atoms with Crippen LogP contribution in [0.5, 0.6) is 5.75 Å². The molecule has 0 amide bonds. The van der Waals surface area contributed by atoms with Crippen molar-refractivity contribution in [1.29, 1.82) is 0 Å². The summed E-state index contributed by atoms with van der Waals surface area (Å²) in [5.41, 5.74) is 1.00. The first-order valence-corrected chi connectivity index (χ1v) is 12.4. The molecule has 0 unspecified atom stereocenters. The van der Waals surface area contributed by atoms with E-state index in [0.717, 1.165) is 11.3 Å². The topological polar surface area (TPSA) is 124 Å². The maximum absolute atomic E-state index is 11.9. The van der Waals surface area contributed by atoms with E-state index in [2.05, 4.69) is 0 Å². The third kappa shape index (κ3) is 8.34. The molecule has 5 atom stereocenters. The van der Waals surface area contributed by atoms with Gasteiger partial charge in [-0.25, -0.2) is 0 Å². The average molecular weight is 531 g/mol. The van der Waals surface area contributed by atoms with Crippen LogP contribution in [0.1, 0.15) is 33.3 Å². The first kappa shape index (κ1) is 26.6.